The minimum atomic E-state index is -0.242. The van der Waals surface area contributed by atoms with Gasteiger partial charge in [0, 0.05) is 23.6 Å². The monoisotopic (exact) mass is 242 g/mol. The third-order valence-electron chi connectivity index (χ3n) is 2.54. The van der Waals surface area contributed by atoms with Gasteiger partial charge in [0.05, 0.1) is 6.33 Å². The molecule has 1 aromatic heterocycles. The highest BCUT2D eigenvalue weighted by atomic mass is 16.5. The number of benzene rings is 1. The van der Waals surface area contributed by atoms with E-state index in [0.717, 1.165) is 11.3 Å². The molecule has 0 saturated heterocycles. The van der Waals surface area contributed by atoms with Crippen molar-refractivity contribution in [1.29, 1.82) is 0 Å². The minimum Gasteiger partial charge on any atom is -0.466 e. The number of ether oxygens (including phenoxy) is 1. The van der Waals surface area contributed by atoms with Crippen molar-refractivity contribution in [1.82, 2.24) is 15.0 Å². The van der Waals surface area contributed by atoms with Crippen molar-refractivity contribution in [2.45, 2.75) is 0 Å². The summed E-state index contributed by atoms with van der Waals surface area (Å²) in [5, 5.41) is 3.85. The Labute approximate surface area is 103 Å². The molecule has 6 heteroatoms. The number of hydrogen-bond acceptors (Lipinski definition) is 4. The zero-order chi connectivity index (χ0) is 12.4. The lowest BCUT2D eigenvalue weighted by Gasteiger charge is -2.13. The molecule has 1 N–H and O–H groups in total. The lowest BCUT2D eigenvalue weighted by Crippen LogP contribution is -2.32. The number of hydrazone groups is 1. The minimum absolute atomic E-state index is 0.00209. The van der Waals surface area contributed by atoms with Gasteiger partial charge >= 0.3 is 0 Å². The van der Waals surface area contributed by atoms with E-state index in [1.807, 2.05) is 35.0 Å². The Kier molecular flexibility index (Phi) is 2.53. The van der Waals surface area contributed by atoms with Crippen molar-refractivity contribution >= 4 is 11.8 Å². The fraction of sp³-hybridized carbons (Fsp3) is 0.0833. The first-order chi connectivity index (χ1) is 8.83. The molecule has 0 bridgehead atoms. The number of amides is 1. The molecule has 0 spiro atoms. The number of hydrogen-bond donors (Lipinski definition) is 1. The van der Waals surface area contributed by atoms with E-state index in [1.165, 1.54) is 0 Å². The molecule has 18 heavy (non-hydrogen) atoms. The Bertz CT molecular complexity index is 587. The molecule has 1 aliphatic heterocycles. The van der Waals surface area contributed by atoms with Crippen LogP contribution in [0.5, 0.6) is 0 Å². The highest BCUT2D eigenvalue weighted by Gasteiger charge is 2.13. The number of carbonyl (C=O) groups excluding carboxylic acids is 1. The van der Waals surface area contributed by atoms with Crippen molar-refractivity contribution in [2.24, 2.45) is 5.10 Å². The van der Waals surface area contributed by atoms with Gasteiger partial charge in [0.1, 0.15) is 0 Å². The van der Waals surface area contributed by atoms with Crippen LogP contribution in [0, 0.1) is 0 Å². The fourth-order valence-corrected chi connectivity index (χ4v) is 1.65. The van der Waals surface area contributed by atoms with Crippen LogP contribution < -0.4 is 5.43 Å². The molecule has 0 saturated carbocycles. The summed E-state index contributed by atoms with van der Waals surface area (Å²) >= 11 is 0. The molecule has 0 fully saturated rings. The average molecular weight is 242 g/mol. The Morgan fingerprint density at radius 3 is 2.72 bits per heavy atom. The second kappa shape index (κ2) is 4.33. The average Bonchev–Trinajstić information content (AvgIpc) is 2.94. The summed E-state index contributed by atoms with van der Waals surface area (Å²) in [5.41, 5.74) is 4.20. The fourth-order valence-electron chi connectivity index (χ4n) is 1.65. The van der Waals surface area contributed by atoms with Crippen molar-refractivity contribution < 1.29 is 9.53 Å². The second-order valence-corrected chi connectivity index (χ2v) is 3.76. The third kappa shape index (κ3) is 1.95. The first-order valence-electron chi connectivity index (χ1n) is 5.41. The molecule has 0 radical (unpaired) electrons. The topological polar surface area (TPSA) is 68.5 Å². The molecule has 0 aliphatic carbocycles. The molecule has 1 aromatic carbocycles. The zero-order valence-corrected chi connectivity index (χ0v) is 9.41. The summed E-state index contributed by atoms with van der Waals surface area (Å²) in [6.07, 6.45) is 5.31. The van der Waals surface area contributed by atoms with E-state index in [0.29, 0.717) is 5.90 Å². The van der Waals surface area contributed by atoms with E-state index >= 15 is 0 Å². The van der Waals surface area contributed by atoms with Crippen molar-refractivity contribution in [3.8, 4) is 5.69 Å². The molecular weight excluding hydrogens is 232 g/mol. The summed E-state index contributed by atoms with van der Waals surface area (Å²) < 4.78 is 7.12. The Hall–Kier alpha value is -2.63. The van der Waals surface area contributed by atoms with Gasteiger partial charge in [-0.05, 0) is 24.3 Å². The van der Waals surface area contributed by atoms with Gasteiger partial charge in [0.25, 0.3) is 5.91 Å². The highest BCUT2D eigenvalue weighted by Crippen LogP contribution is 2.11. The SMILES string of the molecule is O=C1COC(c2ccc(-n3ccnc3)cc2)=NN1. The van der Waals surface area contributed by atoms with Crippen molar-refractivity contribution in [2.75, 3.05) is 6.61 Å². The Morgan fingerprint density at radius 2 is 2.11 bits per heavy atom. The van der Waals surface area contributed by atoms with Crippen molar-refractivity contribution in [3.05, 3.63) is 48.5 Å². The summed E-state index contributed by atoms with van der Waals surface area (Å²) in [5.74, 6) is 0.181. The number of aromatic nitrogens is 2. The summed E-state index contributed by atoms with van der Waals surface area (Å²) in [4.78, 5) is 14.9. The Morgan fingerprint density at radius 1 is 1.28 bits per heavy atom. The maximum absolute atomic E-state index is 10.9. The van der Waals surface area contributed by atoms with Crippen LogP contribution in [0.3, 0.4) is 0 Å². The van der Waals surface area contributed by atoms with Crippen LogP contribution in [-0.4, -0.2) is 28.0 Å². The predicted molar refractivity (Wildman–Crippen MR) is 64.2 cm³/mol. The predicted octanol–water partition coefficient (Wildman–Crippen LogP) is 0.680. The lowest BCUT2D eigenvalue weighted by atomic mass is 10.2. The molecule has 2 aromatic rings. The molecule has 1 aliphatic rings. The number of carbonyl (C=O) groups is 1. The maximum Gasteiger partial charge on any atom is 0.278 e. The molecule has 1 amide bonds. The standard InChI is InChI=1S/C12H10N4O2/c17-11-7-18-12(15-14-11)9-1-3-10(4-2-9)16-6-5-13-8-16/h1-6,8H,7H2,(H,14,17). The van der Waals surface area contributed by atoms with Gasteiger partial charge in [-0.25, -0.2) is 10.4 Å². The van der Waals surface area contributed by atoms with Gasteiger partial charge in [0.15, 0.2) is 6.61 Å². The summed E-state index contributed by atoms with van der Waals surface area (Å²) in [7, 11) is 0. The zero-order valence-electron chi connectivity index (χ0n) is 9.41. The normalized spacial score (nSPS) is 14.7. The smallest absolute Gasteiger partial charge is 0.278 e. The molecule has 0 atom stereocenters. The molecule has 3 rings (SSSR count). The van der Waals surface area contributed by atoms with Crippen molar-refractivity contribution in [3.63, 3.8) is 0 Å². The van der Waals surface area contributed by atoms with Crippen LogP contribution in [0.15, 0.2) is 48.1 Å². The lowest BCUT2D eigenvalue weighted by molar-refractivity contribution is -0.124. The van der Waals surface area contributed by atoms with Crippen LogP contribution in [0.1, 0.15) is 5.56 Å². The van der Waals surface area contributed by atoms with Gasteiger partial charge < -0.3 is 9.30 Å². The number of nitrogens with one attached hydrogen (secondary N) is 1. The van der Waals surface area contributed by atoms with Gasteiger partial charge in [-0.3, -0.25) is 4.79 Å². The van der Waals surface area contributed by atoms with E-state index in [2.05, 4.69) is 15.5 Å². The first kappa shape index (κ1) is 10.5. The van der Waals surface area contributed by atoms with Gasteiger partial charge in [0.2, 0.25) is 5.90 Å². The largest absolute Gasteiger partial charge is 0.466 e. The van der Waals surface area contributed by atoms with Crippen LogP contribution in [0.25, 0.3) is 5.69 Å². The van der Waals surface area contributed by atoms with Crippen LogP contribution in [0.2, 0.25) is 0 Å². The van der Waals surface area contributed by atoms with E-state index in [9.17, 15) is 4.79 Å². The molecule has 90 valence electrons. The first-order valence-corrected chi connectivity index (χ1v) is 5.41. The van der Waals surface area contributed by atoms with Gasteiger partial charge in [-0.1, -0.05) is 0 Å². The number of nitrogens with zero attached hydrogens (tertiary/aromatic N) is 3. The third-order valence-corrected chi connectivity index (χ3v) is 2.54. The molecular formula is C12H10N4O2. The molecule has 6 nitrogen and oxygen atoms in total. The van der Waals surface area contributed by atoms with E-state index in [-0.39, 0.29) is 12.5 Å². The highest BCUT2D eigenvalue weighted by molar-refractivity contribution is 5.98. The second-order valence-electron chi connectivity index (χ2n) is 3.76. The van der Waals surface area contributed by atoms with Crippen LogP contribution >= 0.6 is 0 Å². The van der Waals surface area contributed by atoms with E-state index < -0.39 is 0 Å². The maximum atomic E-state index is 10.9. The molecule has 0 unspecified atom stereocenters. The van der Waals surface area contributed by atoms with Gasteiger partial charge in [-0.15, -0.1) is 5.10 Å². The van der Waals surface area contributed by atoms with Gasteiger partial charge in [-0.2, -0.15) is 0 Å². The summed E-state index contributed by atoms with van der Waals surface area (Å²) in [6, 6.07) is 7.62. The number of imidazole rings is 1. The number of rotatable bonds is 2. The van der Waals surface area contributed by atoms with Crippen LogP contribution in [0.4, 0.5) is 0 Å². The molecule has 2 heterocycles. The van der Waals surface area contributed by atoms with E-state index in [4.69, 9.17) is 4.74 Å². The van der Waals surface area contributed by atoms with Crippen LogP contribution in [-0.2, 0) is 9.53 Å². The Balaban J connectivity index is 1.85. The van der Waals surface area contributed by atoms with E-state index in [1.54, 1.807) is 12.5 Å². The summed E-state index contributed by atoms with van der Waals surface area (Å²) in [6.45, 7) is 0.00209. The quantitative estimate of drug-likeness (QED) is 0.842.